The first-order chi connectivity index (χ1) is 13.6. The Kier molecular flexibility index (Phi) is 6.70. The third-order valence-electron chi connectivity index (χ3n) is 3.82. The number of nitrogens with zero attached hydrogens (tertiary/aromatic N) is 1. The second-order valence-corrected chi connectivity index (χ2v) is 6.94. The van der Waals surface area contributed by atoms with Crippen LogP contribution in [0.4, 0.5) is 11.4 Å². The van der Waals surface area contributed by atoms with Gasteiger partial charge in [-0.05, 0) is 42.5 Å². The summed E-state index contributed by atoms with van der Waals surface area (Å²) in [6.07, 6.45) is 0. The van der Waals surface area contributed by atoms with Gasteiger partial charge in [0.2, 0.25) is 0 Å². The molecule has 28 heavy (non-hydrogen) atoms. The van der Waals surface area contributed by atoms with Gasteiger partial charge < -0.3 is 14.7 Å². The van der Waals surface area contributed by atoms with E-state index in [4.69, 9.17) is 9.84 Å². The normalized spacial score (nSPS) is 10.3. The summed E-state index contributed by atoms with van der Waals surface area (Å²) in [4.78, 5) is 25.9. The van der Waals surface area contributed by atoms with Crippen LogP contribution >= 0.6 is 11.8 Å². The summed E-state index contributed by atoms with van der Waals surface area (Å²) in [7, 11) is 0. The highest BCUT2D eigenvalue weighted by Gasteiger charge is 2.15. The van der Waals surface area contributed by atoms with E-state index >= 15 is 0 Å². The number of benzene rings is 3. The summed E-state index contributed by atoms with van der Waals surface area (Å²) in [5.74, 6) is -0.962. The van der Waals surface area contributed by atoms with Gasteiger partial charge in [0.25, 0.3) is 0 Å². The number of thioether (sulfide) groups is 1. The summed E-state index contributed by atoms with van der Waals surface area (Å²) < 4.78 is 5.49. The van der Waals surface area contributed by atoms with Crippen LogP contribution in [0.2, 0.25) is 0 Å². The van der Waals surface area contributed by atoms with E-state index in [2.05, 4.69) is 0 Å². The Bertz CT molecular complexity index is 892. The molecule has 0 aliphatic heterocycles. The minimum absolute atomic E-state index is 0.0422. The summed E-state index contributed by atoms with van der Waals surface area (Å²) >= 11 is 1.18. The number of rotatable bonds is 8. The number of hydrogen-bond acceptors (Lipinski definition) is 5. The molecule has 3 rings (SSSR count). The smallest absolute Gasteiger partial charge is 0.331 e. The van der Waals surface area contributed by atoms with Gasteiger partial charge in [-0.25, -0.2) is 4.79 Å². The molecule has 1 N–H and O–H groups in total. The second-order valence-electron chi connectivity index (χ2n) is 5.89. The van der Waals surface area contributed by atoms with Crippen molar-refractivity contribution >= 4 is 35.1 Å². The number of hydrogen-bond donors (Lipinski definition) is 1. The van der Waals surface area contributed by atoms with E-state index in [9.17, 15) is 9.59 Å². The molecule has 0 bridgehead atoms. The standard InChI is InChI=1S/C22H19NO4S/c24-21(25)16-28-20-13-7-12-19(14-20)27-22(26)15-23(17-8-3-1-4-9-17)18-10-5-2-6-11-18/h1-14H,15-16H2,(H,24,25). The zero-order chi connectivity index (χ0) is 19.8. The Morgan fingerprint density at radius 1 is 0.857 bits per heavy atom. The predicted octanol–water partition coefficient (Wildman–Crippen LogP) is 4.61. The van der Waals surface area contributed by atoms with Gasteiger partial charge in [0.1, 0.15) is 12.3 Å². The van der Waals surface area contributed by atoms with E-state index in [-0.39, 0.29) is 12.3 Å². The number of para-hydroxylation sites is 2. The molecule has 0 fully saturated rings. The van der Waals surface area contributed by atoms with E-state index in [1.807, 2.05) is 65.6 Å². The molecule has 6 heteroatoms. The first-order valence-electron chi connectivity index (χ1n) is 8.65. The van der Waals surface area contributed by atoms with Crippen molar-refractivity contribution in [1.82, 2.24) is 0 Å². The van der Waals surface area contributed by atoms with Crippen LogP contribution in [-0.2, 0) is 9.59 Å². The zero-order valence-corrected chi connectivity index (χ0v) is 15.8. The van der Waals surface area contributed by atoms with Crippen molar-refractivity contribution in [1.29, 1.82) is 0 Å². The monoisotopic (exact) mass is 393 g/mol. The SMILES string of the molecule is O=C(O)CSc1cccc(OC(=O)CN(c2ccccc2)c2ccccc2)c1. The van der Waals surface area contributed by atoms with E-state index in [0.29, 0.717) is 5.75 Å². The molecule has 142 valence electrons. The van der Waals surface area contributed by atoms with Crippen LogP contribution in [0, 0.1) is 0 Å². The lowest BCUT2D eigenvalue weighted by atomic mass is 10.2. The van der Waals surface area contributed by atoms with Crippen molar-refractivity contribution in [2.24, 2.45) is 0 Å². The summed E-state index contributed by atoms with van der Waals surface area (Å²) in [5, 5.41) is 8.79. The van der Waals surface area contributed by atoms with Crippen LogP contribution in [0.1, 0.15) is 0 Å². The van der Waals surface area contributed by atoms with Gasteiger partial charge in [-0.2, -0.15) is 0 Å². The average Bonchev–Trinajstić information content (AvgIpc) is 2.72. The number of anilines is 2. The minimum atomic E-state index is -0.895. The molecule has 0 unspecified atom stereocenters. The maximum absolute atomic E-state index is 12.6. The van der Waals surface area contributed by atoms with E-state index in [0.717, 1.165) is 16.3 Å². The van der Waals surface area contributed by atoms with Crippen LogP contribution in [-0.4, -0.2) is 29.3 Å². The first kappa shape index (κ1) is 19.5. The molecule has 0 aromatic heterocycles. The number of carboxylic acids is 1. The number of aliphatic carboxylic acids is 1. The molecule has 0 spiro atoms. The maximum atomic E-state index is 12.6. The lowest BCUT2D eigenvalue weighted by Gasteiger charge is -2.24. The fourth-order valence-electron chi connectivity index (χ4n) is 2.61. The van der Waals surface area contributed by atoms with Crippen LogP contribution in [0.25, 0.3) is 0 Å². The Morgan fingerprint density at radius 3 is 2.04 bits per heavy atom. The van der Waals surface area contributed by atoms with Crippen molar-refractivity contribution in [3.8, 4) is 5.75 Å². The Labute approximate surface area is 167 Å². The molecular weight excluding hydrogens is 374 g/mol. The van der Waals surface area contributed by atoms with E-state index in [1.165, 1.54) is 11.8 Å². The first-order valence-corrected chi connectivity index (χ1v) is 9.63. The van der Waals surface area contributed by atoms with Crippen LogP contribution in [0.5, 0.6) is 5.75 Å². The van der Waals surface area contributed by atoms with Crippen LogP contribution < -0.4 is 9.64 Å². The topological polar surface area (TPSA) is 66.8 Å². The van der Waals surface area contributed by atoms with Crippen molar-refractivity contribution in [2.45, 2.75) is 4.90 Å². The molecule has 0 saturated carbocycles. The molecule has 0 heterocycles. The molecule has 3 aromatic rings. The highest BCUT2D eigenvalue weighted by molar-refractivity contribution is 8.00. The van der Waals surface area contributed by atoms with Gasteiger partial charge in [0.15, 0.2) is 0 Å². The van der Waals surface area contributed by atoms with Crippen molar-refractivity contribution < 1.29 is 19.4 Å². The zero-order valence-electron chi connectivity index (χ0n) is 15.0. The van der Waals surface area contributed by atoms with Crippen LogP contribution in [0.3, 0.4) is 0 Å². The fourth-order valence-corrected chi connectivity index (χ4v) is 3.28. The van der Waals surface area contributed by atoms with Gasteiger partial charge in [-0.1, -0.05) is 42.5 Å². The van der Waals surface area contributed by atoms with Gasteiger partial charge in [-0.15, -0.1) is 11.8 Å². The molecule has 0 atom stereocenters. The lowest BCUT2D eigenvalue weighted by molar-refractivity contribution is -0.134. The Hall–Kier alpha value is -3.25. The summed E-state index contributed by atoms with van der Waals surface area (Å²) in [5.41, 5.74) is 1.77. The molecule has 0 saturated heterocycles. The third kappa shape index (κ3) is 5.62. The molecule has 5 nitrogen and oxygen atoms in total. The van der Waals surface area contributed by atoms with Gasteiger partial charge in [0, 0.05) is 16.3 Å². The number of carbonyl (C=O) groups excluding carboxylic acids is 1. The van der Waals surface area contributed by atoms with Gasteiger partial charge in [-0.3, -0.25) is 4.79 Å². The third-order valence-corrected chi connectivity index (χ3v) is 4.80. The molecule has 0 aliphatic rings. The highest BCUT2D eigenvalue weighted by Crippen LogP contribution is 2.26. The highest BCUT2D eigenvalue weighted by atomic mass is 32.2. The summed E-state index contributed by atoms with van der Waals surface area (Å²) in [6, 6.07) is 26.1. The number of esters is 1. The number of carboxylic acid groups (broad SMARTS) is 1. The molecule has 0 radical (unpaired) electrons. The largest absolute Gasteiger partial charge is 0.481 e. The van der Waals surface area contributed by atoms with Crippen molar-refractivity contribution in [3.63, 3.8) is 0 Å². The van der Waals surface area contributed by atoms with Gasteiger partial charge >= 0.3 is 11.9 Å². The Balaban J connectivity index is 1.72. The summed E-state index contributed by atoms with van der Waals surface area (Å²) in [6.45, 7) is 0.0422. The van der Waals surface area contributed by atoms with Crippen LogP contribution in [0.15, 0.2) is 89.8 Å². The number of carbonyl (C=O) groups is 2. The Morgan fingerprint density at radius 2 is 1.46 bits per heavy atom. The number of ether oxygens (including phenoxy) is 1. The van der Waals surface area contributed by atoms with Gasteiger partial charge in [0.05, 0.1) is 5.75 Å². The van der Waals surface area contributed by atoms with Crippen molar-refractivity contribution in [2.75, 3.05) is 17.2 Å². The molecular formula is C22H19NO4S. The van der Waals surface area contributed by atoms with E-state index in [1.54, 1.807) is 24.3 Å². The fraction of sp³-hybridized carbons (Fsp3) is 0.0909. The minimum Gasteiger partial charge on any atom is -0.481 e. The maximum Gasteiger partial charge on any atom is 0.331 e. The second kappa shape index (κ2) is 9.62. The van der Waals surface area contributed by atoms with E-state index < -0.39 is 11.9 Å². The molecule has 3 aromatic carbocycles. The predicted molar refractivity (Wildman–Crippen MR) is 110 cm³/mol. The quantitative estimate of drug-likeness (QED) is 0.343. The molecule has 0 amide bonds. The van der Waals surface area contributed by atoms with Crippen molar-refractivity contribution in [3.05, 3.63) is 84.9 Å². The lowest BCUT2D eigenvalue weighted by Crippen LogP contribution is -2.28. The molecule has 0 aliphatic carbocycles. The average molecular weight is 393 g/mol.